The predicted molar refractivity (Wildman–Crippen MR) is 115 cm³/mol. The van der Waals surface area contributed by atoms with Gasteiger partial charge in [0.2, 0.25) is 0 Å². The average molecular weight is 424 g/mol. The number of Topliss-reactive ketones (excluding diaryl/α,β-unsaturated/α-hetero) is 2. The molecule has 0 saturated carbocycles. The number of rotatable bonds is 6. The summed E-state index contributed by atoms with van der Waals surface area (Å²) in [5, 5.41) is 0. The number of halogens is 3. The molecule has 0 radical (unpaired) electrons. The van der Waals surface area contributed by atoms with Crippen molar-refractivity contribution in [2.75, 3.05) is 0 Å². The lowest BCUT2D eigenvalue weighted by Gasteiger charge is -2.17. The molecule has 2 nitrogen and oxygen atoms in total. The lowest BCUT2D eigenvalue weighted by atomic mass is 9.91. The van der Waals surface area contributed by atoms with E-state index in [1.807, 2.05) is 6.92 Å². The highest BCUT2D eigenvalue weighted by Crippen LogP contribution is 2.39. The number of carbonyl (C=O) groups is 2. The van der Waals surface area contributed by atoms with Gasteiger partial charge < -0.3 is 0 Å². The summed E-state index contributed by atoms with van der Waals surface area (Å²) in [6, 6.07) is 16.0. The zero-order chi connectivity index (χ0) is 22.8. The molecular formula is C26H23F3O2. The van der Waals surface area contributed by atoms with Gasteiger partial charge in [-0.1, -0.05) is 61.5 Å². The molecule has 0 amide bonds. The second kappa shape index (κ2) is 8.88. The van der Waals surface area contributed by atoms with Gasteiger partial charge in [0.15, 0.2) is 11.6 Å². The quantitative estimate of drug-likeness (QED) is 0.405. The number of carbonyl (C=O) groups excluding carboxylic acids is 2. The summed E-state index contributed by atoms with van der Waals surface area (Å²) in [5.74, 6) is -0.194. The maximum atomic E-state index is 13.6. The molecule has 0 spiro atoms. The molecular weight excluding hydrogens is 401 g/mol. The lowest BCUT2D eigenvalue weighted by molar-refractivity contribution is -0.137. The fraction of sp³-hybridized carbons (Fsp3) is 0.231. The number of aryl methyl sites for hydroxylation is 2. The van der Waals surface area contributed by atoms with Crippen molar-refractivity contribution in [3.05, 3.63) is 94.0 Å². The van der Waals surface area contributed by atoms with Crippen molar-refractivity contribution in [2.24, 2.45) is 0 Å². The summed E-state index contributed by atoms with van der Waals surface area (Å²) in [6.07, 6.45) is -3.80. The Labute approximate surface area is 179 Å². The third kappa shape index (κ3) is 5.10. The van der Waals surface area contributed by atoms with Crippen molar-refractivity contribution in [3.63, 3.8) is 0 Å². The monoisotopic (exact) mass is 424 g/mol. The van der Waals surface area contributed by atoms with Crippen molar-refractivity contribution >= 4 is 11.6 Å². The first kappa shape index (κ1) is 22.5. The molecule has 0 atom stereocenters. The van der Waals surface area contributed by atoms with E-state index in [-0.39, 0.29) is 23.6 Å². The second-order valence-electron chi connectivity index (χ2n) is 7.61. The predicted octanol–water partition coefficient (Wildman–Crippen LogP) is 6.87. The molecule has 0 bridgehead atoms. The maximum absolute atomic E-state index is 13.6. The molecule has 5 heteroatoms. The molecule has 3 rings (SSSR count). The first-order chi connectivity index (χ1) is 14.6. The van der Waals surface area contributed by atoms with Gasteiger partial charge in [-0.25, -0.2) is 0 Å². The highest BCUT2D eigenvalue weighted by Gasteiger charge is 2.34. The smallest absolute Gasteiger partial charge is 0.295 e. The van der Waals surface area contributed by atoms with Gasteiger partial charge in [-0.15, -0.1) is 0 Å². The zero-order valence-electron chi connectivity index (χ0n) is 17.6. The van der Waals surface area contributed by atoms with Gasteiger partial charge in [-0.3, -0.25) is 9.59 Å². The van der Waals surface area contributed by atoms with E-state index in [0.29, 0.717) is 34.2 Å². The molecule has 0 unspecified atom stereocenters. The van der Waals surface area contributed by atoms with E-state index in [2.05, 4.69) is 0 Å². The van der Waals surface area contributed by atoms with Crippen LogP contribution in [0.3, 0.4) is 0 Å². The Hall–Kier alpha value is -3.21. The number of hydrogen-bond acceptors (Lipinski definition) is 2. The Morgan fingerprint density at radius 1 is 0.806 bits per heavy atom. The summed E-state index contributed by atoms with van der Waals surface area (Å²) in [7, 11) is 0. The normalized spacial score (nSPS) is 11.4. The Kier molecular flexibility index (Phi) is 6.44. The summed E-state index contributed by atoms with van der Waals surface area (Å²) < 4.78 is 40.9. The third-order valence-electron chi connectivity index (χ3n) is 5.36. The topological polar surface area (TPSA) is 34.1 Å². The number of benzene rings is 3. The number of hydrogen-bond donors (Lipinski definition) is 0. The van der Waals surface area contributed by atoms with Crippen LogP contribution in [0, 0.1) is 6.92 Å². The van der Waals surface area contributed by atoms with Crippen LogP contribution in [0.25, 0.3) is 11.1 Å². The van der Waals surface area contributed by atoms with E-state index >= 15 is 0 Å². The van der Waals surface area contributed by atoms with Gasteiger partial charge in [0.05, 0.1) is 5.56 Å². The van der Waals surface area contributed by atoms with Gasteiger partial charge in [0.1, 0.15) is 0 Å². The second-order valence-corrected chi connectivity index (χ2v) is 7.61. The van der Waals surface area contributed by atoms with Gasteiger partial charge in [0.25, 0.3) is 0 Å². The van der Waals surface area contributed by atoms with Crippen molar-refractivity contribution in [2.45, 2.75) is 39.8 Å². The van der Waals surface area contributed by atoms with E-state index < -0.39 is 11.7 Å². The average Bonchev–Trinajstić information content (AvgIpc) is 2.73. The summed E-state index contributed by atoms with van der Waals surface area (Å²) in [4.78, 5) is 24.0. The van der Waals surface area contributed by atoms with Crippen LogP contribution in [0.15, 0.2) is 60.7 Å². The highest BCUT2D eigenvalue weighted by molar-refractivity contribution is 5.99. The number of ketones is 2. The minimum Gasteiger partial charge on any atom is -0.295 e. The first-order valence-electron chi connectivity index (χ1n) is 10.0. The van der Waals surface area contributed by atoms with Crippen LogP contribution in [0.4, 0.5) is 13.2 Å². The molecule has 0 aliphatic carbocycles. The van der Waals surface area contributed by atoms with E-state index in [9.17, 15) is 22.8 Å². The Morgan fingerprint density at radius 3 is 1.94 bits per heavy atom. The fourth-order valence-electron chi connectivity index (χ4n) is 3.60. The lowest BCUT2D eigenvalue weighted by Crippen LogP contribution is -2.09. The fourth-order valence-corrected chi connectivity index (χ4v) is 3.60. The molecule has 0 aliphatic rings. The van der Waals surface area contributed by atoms with Gasteiger partial charge in [0, 0.05) is 17.5 Å². The standard InChI is InChI=1S/C26H23F3O2/c1-4-18-5-12-23(24(14-18)26(27,28)29)22-11-6-19(13-16(22)2)15-25(31)21-9-7-20(8-10-21)17(3)30/h5-14H,4,15H2,1-3H3. The minimum absolute atomic E-state index is 0.0737. The third-order valence-corrected chi connectivity index (χ3v) is 5.36. The molecule has 0 aromatic heterocycles. The van der Waals surface area contributed by atoms with Crippen molar-refractivity contribution < 1.29 is 22.8 Å². The van der Waals surface area contributed by atoms with Gasteiger partial charge in [-0.2, -0.15) is 13.2 Å². The highest BCUT2D eigenvalue weighted by atomic mass is 19.4. The molecule has 0 aliphatic heterocycles. The largest absolute Gasteiger partial charge is 0.417 e. The minimum atomic E-state index is -4.45. The Bertz CT molecular complexity index is 1130. The van der Waals surface area contributed by atoms with Crippen molar-refractivity contribution in [3.8, 4) is 11.1 Å². The molecule has 0 heterocycles. The van der Waals surface area contributed by atoms with E-state index in [0.717, 1.165) is 5.56 Å². The number of alkyl halides is 3. The molecule has 0 fully saturated rings. The SMILES string of the molecule is CCc1ccc(-c2ccc(CC(=O)c3ccc(C(C)=O)cc3)cc2C)c(C(F)(F)F)c1. The van der Waals surface area contributed by atoms with Crippen LogP contribution in [-0.2, 0) is 19.0 Å². The van der Waals surface area contributed by atoms with E-state index in [1.54, 1.807) is 55.5 Å². The molecule has 160 valence electrons. The molecule has 3 aromatic carbocycles. The van der Waals surface area contributed by atoms with Crippen LogP contribution in [0.1, 0.15) is 56.8 Å². The Morgan fingerprint density at radius 2 is 1.39 bits per heavy atom. The van der Waals surface area contributed by atoms with Gasteiger partial charge >= 0.3 is 6.18 Å². The van der Waals surface area contributed by atoms with Crippen LogP contribution >= 0.6 is 0 Å². The summed E-state index contributed by atoms with van der Waals surface area (Å²) >= 11 is 0. The van der Waals surface area contributed by atoms with Crippen molar-refractivity contribution in [1.29, 1.82) is 0 Å². The first-order valence-corrected chi connectivity index (χ1v) is 10.0. The summed E-state index contributed by atoms with van der Waals surface area (Å²) in [5.41, 5.74) is 3.04. The zero-order valence-corrected chi connectivity index (χ0v) is 17.6. The van der Waals surface area contributed by atoms with Gasteiger partial charge in [-0.05, 0) is 54.2 Å². The van der Waals surface area contributed by atoms with E-state index in [4.69, 9.17) is 0 Å². The molecule has 3 aromatic rings. The van der Waals surface area contributed by atoms with Crippen LogP contribution < -0.4 is 0 Å². The molecule has 0 saturated heterocycles. The van der Waals surface area contributed by atoms with Crippen LogP contribution in [-0.4, -0.2) is 11.6 Å². The van der Waals surface area contributed by atoms with E-state index in [1.165, 1.54) is 19.1 Å². The molecule has 31 heavy (non-hydrogen) atoms. The van der Waals surface area contributed by atoms with Crippen LogP contribution in [0.5, 0.6) is 0 Å². The van der Waals surface area contributed by atoms with Crippen LogP contribution in [0.2, 0.25) is 0 Å². The Balaban J connectivity index is 1.88. The van der Waals surface area contributed by atoms with Crippen molar-refractivity contribution in [1.82, 2.24) is 0 Å². The molecule has 0 N–H and O–H groups in total. The summed E-state index contributed by atoms with van der Waals surface area (Å²) in [6.45, 7) is 5.03. The maximum Gasteiger partial charge on any atom is 0.417 e.